The van der Waals surface area contributed by atoms with Gasteiger partial charge in [0.2, 0.25) is 5.91 Å². The Morgan fingerprint density at radius 1 is 0.722 bits per heavy atom. The second-order valence-electron chi connectivity index (χ2n) is 15.3. The van der Waals surface area contributed by atoms with Crippen molar-refractivity contribution in [3.05, 3.63) is 60.8 Å². The van der Waals surface area contributed by atoms with E-state index < -0.39 is 44.7 Å². The van der Waals surface area contributed by atoms with E-state index in [1.807, 2.05) is 39.4 Å². The lowest BCUT2D eigenvalue weighted by Gasteiger charge is -2.29. The lowest BCUT2D eigenvalue weighted by Crippen LogP contribution is -2.46. The smallest absolute Gasteiger partial charge is 0.268 e. The fourth-order valence-corrected chi connectivity index (χ4v) is 6.20. The SMILES string of the molecule is CC/C=C\C/C=C\C/C=C\C/C=C\C[C@@H](O)[C@H](O)CCCC(=O)N[C@@H](COP(=O)([O-])OCC[N+](C)(C)C)[C@H](O)/C=C/CCCCCCCCCCCCC. The number of hydrogen-bond donors (Lipinski definition) is 4. The molecule has 0 spiro atoms. The van der Waals surface area contributed by atoms with Crippen LogP contribution in [0.25, 0.3) is 0 Å². The van der Waals surface area contributed by atoms with Gasteiger partial charge in [0.05, 0.1) is 52.1 Å². The number of carbonyl (C=O) groups excluding carboxylic acids is 1. The number of nitrogens with one attached hydrogen (secondary N) is 1. The van der Waals surface area contributed by atoms with Gasteiger partial charge >= 0.3 is 0 Å². The number of rotatable bonds is 36. The van der Waals surface area contributed by atoms with Crippen molar-refractivity contribution < 1.29 is 43.1 Å². The molecule has 0 aliphatic rings. The Labute approximate surface area is 329 Å². The van der Waals surface area contributed by atoms with Crippen LogP contribution >= 0.6 is 7.82 Å². The molecule has 0 heterocycles. The van der Waals surface area contributed by atoms with Gasteiger partial charge in [-0.2, -0.15) is 0 Å². The van der Waals surface area contributed by atoms with E-state index in [2.05, 4.69) is 55.6 Å². The molecule has 0 fully saturated rings. The largest absolute Gasteiger partial charge is 0.756 e. The Hall–Kier alpha value is -1.88. The molecule has 10 nitrogen and oxygen atoms in total. The second-order valence-corrected chi connectivity index (χ2v) is 16.7. The Morgan fingerprint density at radius 3 is 1.81 bits per heavy atom. The molecule has 0 aromatic heterocycles. The maximum atomic E-state index is 12.9. The Balaban J connectivity index is 4.77. The van der Waals surface area contributed by atoms with Crippen molar-refractivity contribution >= 4 is 13.7 Å². The molecule has 0 aliphatic carbocycles. The van der Waals surface area contributed by atoms with E-state index in [-0.39, 0.29) is 19.4 Å². The quantitative estimate of drug-likeness (QED) is 0.0215. The summed E-state index contributed by atoms with van der Waals surface area (Å²) in [5.41, 5.74) is 0. The van der Waals surface area contributed by atoms with Crippen molar-refractivity contribution in [2.45, 2.75) is 167 Å². The number of nitrogens with zero attached hydrogens (tertiary/aromatic N) is 1. The summed E-state index contributed by atoms with van der Waals surface area (Å²) in [5, 5.41) is 34.4. The van der Waals surface area contributed by atoms with Gasteiger partial charge in [0, 0.05) is 6.42 Å². The minimum absolute atomic E-state index is 0.0223. The first kappa shape index (κ1) is 52.1. The number of amides is 1. The van der Waals surface area contributed by atoms with E-state index in [1.54, 1.807) is 6.08 Å². The third-order valence-corrected chi connectivity index (χ3v) is 9.90. The van der Waals surface area contributed by atoms with E-state index in [4.69, 9.17) is 9.05 Å². The van der Waals surface area contributed by atoms with E-state index in [9.17, 15) is 29.6 Å². The Morgan fingerprint density at radius 2 is 1.26 bits per heavy atom. The molecule has 0 saturated carbocycles. The number of likely N-dealkylation sites (N-methyl/N-ethyl adjacent to an activating group) is 1. The van der Waals surface area contributed by atoms with Crippen LogP contribution in [-0.4, -0.2) is 91.0 Å². The van der Waals surface area contributed by atoms with E-state index in [0.717, 1.165) is 44.9 Å². The highest BCUT2D eigenvalue weighted by Gasteiger charge is 2.23. The van der Waals surface area contributed by atoms with Gasteiger partial charge < -0.3 is 39.1 Å². The maximum absolute atomic E-state index is 12.9. The van der Waals surface area contributed by atoms with Gasteiger partial charge in [0.15, 0.2) is 0 Å². The number of phosphoric ester groups is 1. The molecule has 5 atom stereocenters. The maximum Gasteiger partial charge on any atom is 0.268 e. The van der Waals surface area contributed by atoms with Gasteiger partial charge in [0.25, 0.3) is 7.82 Å². The van der Waals surface area contributed by atoms with Crippen molar-refractivity contribution in [2.24, 2.45) is 0 Å². The van der Waals surface area contributed by atoms with Crippen molar-refractivity contribution in [2.75, 3.05) is 40.9 Å². The zero-order valence-electron chi connectivity index (χ0n) is 34.6. The predicted molar refractivity (Wildman–Crippen MR) is 222 cm³/mol. The van der Waals surface area contributed by atoms with Crippen LogP contribution in [-0.2, 0) is 18.4 Å². The predicted octanol–water partition coefficient (Wildman–Crippen LogP) is 8.38. The van der Waals surface area contributed by atoms with E-state index >= 15 is 0 Å². The summed E-state index contributed by atoms with van der Waals surface area (Å²) >= 11 is 0. The lowest BCUT2D eigenvalue weighted by molar-refractivity contribution is -0.870. The molecule has 0 aromatic rings. The number of aliphatic hydroxyl groups excluding tert-OH is 3. The highest BCUT2D eigenvalue weighted by Crippen LogP contribution is 2.38. The average molecular weight is 783 g/mol. The number of carbonyl (C=O) groups is 1. The zero-order valence-corrected chi connectivity index (χ0v) is 35.5. The van der Waals surface area contributed by atoms with E-state index in [0.29, 0.717) is 23.9 Å². The zero-order chi connectivity index (χ0) is 40.3. The molecule has 0 aliphatic heterocycles. The molecule has 0 aromatic carbocycles. The Bertz CT molecular complexity index is 1100. The summed E-state index contributed by atoms with van der Waals surface area (Å²) in [5.74, 6) is -0.422. The van der Waals surface area contributed by atoms with Crippen molar-refractivity contribution in [3.63, 3.8) is 0 Å². The fourth-order valence-electron chi connectivity index (χ4n) is 5.47. The standard InChI is InChI=1S/C43H79N2O8P/c1-6-8-10-12-14-16-18-20-22-23-25-27-29-32-40(46)39(38-53-54(50,51)52-37-36-45(3,4)5)44-43(49)35-31-34-42(48)41(47)33-30-28-26-24-21-19-17-15-13-11-9-7-2/h9,11,15,17,21,24,28-30,32,39-42,46-48H,6-8,10,12-14,16,18-20,22-23,25-27,31,33-38H2,1-5H3,(H-,44,49,50,51)/b11-9-,17-15-,24-21-,30-28-,32-29+/t39-,40+,41+,42+/m0/s1. The first-order chi connectivity index (χ1) is 25.8. The first-order valence-electron chi connectivity index (χ1n) is 20.8. The van der Waals surface area contributed by atoms with Crippen LogP contribution < -0.4 is 10.2 Å². The van der Waals surface area contributed by atoms with Crippen LogP contribution in [0.15, 0.2) is 60.8 Å². The number of allylic oxidation sites excluding steroid dienone is 8. The summed E-state index contributed by atoms with van der Waals surface area (Å²) < 4.78 is 23.0. The minimum atomic E-state index is -4.67. The third-order valence-electron chi connectivity index (χ3n) is 8.93. The molecule has 314 valence electrons. The molecule has 1 unspecified atom stereocenters. The second kappa shape index (κ2) is 34.4. The molecule has 0 saturated heterocycles. The van der Waals surface area contributed by atoms with Crippen LogP contribution in [0.3, 0.4) is 0 Å². The molecule has 0 radical (unpaired) electrons. The van der Waals surface area contributed by atoms with Crippen LogP contribution in [0.4, 0.5) is 0 Å². The topological polar surface area (TPSA) is 148 Å². The van der Waals surface area contributed by atoms with Gasteiger partial charge in [-0.05, 0) is 57.8 Å². The minimum Gasteiger partial charge on any atom is -0.756 e. The van der Waals surface area contributed by atoms with Gasteiger partial charge in [-0.15, -0.1) is 0 Å². The molecule has 0 rings (SSSR count). The summed E-state index contributed by atoms with van der Waals surface area (Å²) in [6.45, 7) is 4.25. The molecule has 4 N–H and O–H groups in total. The van der Waals surface area contributed by atoms with Crippen LogP contribution in [0, 0.1) is 0 Å². The number of phosphoric acid groups is 1. The van der Waals surface area contributed by atoms with Crippen molar-refractivity contribution in [1.29, 1.82) is 0 Å². The molecule has 11 heteroatoms. The van der Waals surface area contributed by atoms with Crippen molar-refractivity contribution in [3.8, 4) is 0 Å². The van der Waals surface area contributed by atoms with Gasteiger partial charge in [-0.1, -0.05) is 139 Å². The number of aliphatic hydroxyl groups is 3. The molecular formula is C43H79N2O8P. The van der Waals surface area contributed by atoms with Crippen molar-refractivity contribution in [1.82, 2.24) is 5.32 Å². The van der Waals surface area contributed by atoms with Gasteiger partial charge in [-0.3, -0.25) is 9.36 Å². The van der Waals surface area contributed by atoms with Crippen LogP contribution in [0.2, 0.25) is 0 Å². The lowest BCUT2D eigenvalue weighted by atomic mass is 10.0. The number of unbranched alkanes of at least 4 members (excludes halogenated alkanes) is 11. The van der Waals surface area contributed by atoms with Gasteiger partial charge in [0.1, 0.15) is 13.2 Å². The normalized spacial score (nSPS) is 16.2. The summed E-state index contributed by atoms with van der Waals surface area (Å²) in [6, 6.07) is -1.02. The fraction of sp³-hybridized carbons (Fsp3) is 0.744. The number of hydrogen-bond acceptors (Lipinski definition) is 8. The first-order valence-corrected chi connectivity index (χ1v) is 22.3. The number of quaternary nitrogens is 1. The van der Waals surface area contributed by atoms with Gasteiger partial charge in [-0.25, -0.2) is 0 Å². The monoisotopic (exact) mass is 783 g/mol. The van der Waals surface area contributed by atoms with Crippen LogP contribution in [0.5, 0.6) is 0 Å². The third kappa shape index (κ3) is 34.6. The van der Waals surface area contributed by atoms with Crippen LogP contribution in [0.1, 0.15) is 142 Å². The van der Waals surface area contributed by atoms with E-state index in [1.165, 1.54) is 57.8 Å². The average Bonchev–Trinajstić information content (AvgIpc) is 3.11. The molecular weight excluding hydrogens is 703 g/mol. The molecule has 0 bridgehead atoms. The highest BCUT2D eigenvalue weighted by atomic mass is 31.2. The highest BCUT2D eigenvalue weighted by molar-refractivity contribution is 7.45. The summed E-state index contributed by atoms with van der Waals surface area (Å²) in [7, 11) is 1.07. The Kier molecular flexibility index (Phi) is 33.2. The summed E-state index contributed by atoms with van der Waals surface area (Å²) in [4.78, 5) is 25.3. The molecule has 1 amide bonds. The summed E-state index contributed by atoms with van der Waals surface area (Å²) in [6.07, 6.45) is 35.7. The molecule has 54 heavy (non-hydrogen) atoms.